The van der Waals surface area contributed by atoms with Gasteiger partial charge in [-0.3, -0.25) is 0 Å². The highest BCUT2D eigenvalue weighted by molar-refractivity contribution is 4.83. The van der Waals surface area contributed by atoms with Crippen molar-refractivity contribution in [2.45, 2.75) is 39.2 Å². The molecule has 3 unspecified atom stereocenters. The van der Waals surface area contributed by atoms with Crippen molar-refractivity contribution in [2.75, 3.05) is 13.2 Å². The quantitative estimate of drug-likeness (QED) is 0.702. The Morgan fingerprint density at radius 2 is 2.00 bits per heavy atom. The summed E-state index contributed by atoms with van der Waals surface area (Å²) < 4.78 is 5.76. The van der Waals surface area contributed by atoms with Gasteiger partial charge in [0.25, 0.3) is 0 Å². The average Bonchev–Trinajstić information content (AvgIpc) is 2.18. The maximum Gasteiger partial charge on any atom is 0.0651 e. The standard InChI is InChI=1S/C12H23NO/c1-10-5-6-12(9-11(10)2)14-8-4-3-7-13/h3-4,10-12H,5-9,13H2,1-2H3. The molecule has 0 amide bonds. The van der Waals surface area contributed by atoms with Gasteiger partial charge in [-0.2, -0.15) is 0 Å². The molecule has 1 fully saturated rings. The van der Waals surface area contributed by atoms with Crippen molar-refractivity contribution < 1.29 is 4.74 Å². The minimum absolute atomic E-state index is 0.476. The minimum Gasteiger partial charge on any atom is -0.374 e. The maximum absolute atomic E-state index is 5.76. The molecule has 0 bridgehead atoms. The van der Waals surface area contributed by atoms with E-state index in [0.29, 0.717) is 12.6 Å². The van der Waals surface area contributed by atoms with Crippen LogP contribution in [0.4, 0.5) is 0 Å². The second kappa shape index (κ2) is 6.20. The summed E-state index contributed by atoms with van der Waals surface area (Å²) in [5.41, 5.74) is 5.35. The fourth-order valence-electron chi connectivity index (χ4n) is 2.01. The van der Waals surface area contributed by atoms with Crippen LogP contribution in [0, 0.1) is 11.8 Å². The lowest BCUT2D eigenvalue weighted by molar-refractivity contribution is 0.0173. The van der Waals surface area contributed by atoms with Crippen molar-refractivity contribution in [3.05, 3.63) is 12.2 Å². The van der Waals surface area contributed by atoms with E-state index in [9.17, 15) is 0 Å². The smallest absolute Gasteiger partial charge is 0.0651 e. The molecule has 0 aromatic rings. The third kappa shape index (κ3) is 3.81. The fourth-order valence-corrected chi connectivity index (χ4v) is 2.01. The summed E-state index contributed by atoms with van der Waals surface area (Å²) in [6.07, 6.45) is 8.20. The summed E-state index contributed by atoms with van der Waals surface area (Å²) in [6, 6.07) is 0. The van der Waals surface area contributed by atoms with Gasteiger partial charge in [-0.15, -0.1) is 0 Å². The van der Waals surface area contributed by atoms with Crippen molar-refractivity contribution in [3.63, 3.8) is 0 Å². The van der Waals surface area contributed by atoms with E-state index in [4.69, 9.17) is 10.5 Å². The number of hydrogen-bond acceptors (Lipinski definition) is 2. The van der Waals surface area contributed by atoms with E-state index in [1.807, 2.05) is 12.2 Å². The van der Waals surface area contributed by atoms with Crippen LogP contribution in [0.5, 0.6) is 0 Å². The first-order chi connectivity index (χ1) is 6.74. The fraction of sp³-hybridized carbons (Fsp3) is 0.833. The van der Waals surface area contributed by atoms with E-state index in [0.717, 1.165) is 18.4 Å². The van der Waals surface area contributed by atoms with Crippen LogP contribution in [0.1, 0.15) is 33.1 Å². The van der Waals surface area contributed by atoms with Crippen molar-refractivity contribution in [1.29, 1.82) is 0 Å². The molecule has 1 rings (SSSR count). The Balaban J connectivity index is 2.16. The molecular formula is C12H23NO. The Kier molecular flexibility index (Phi) is 5.20. The molecule has 2 heteroatoms. The van der Waals surface area contributed by atoms with E-state index < -0.39 is 0 Å². The molecule has 14 heavy (non-hydrogen) atoms. The van der Waals surface area contributed by atoms with Gasteiger partial charge in [0.1, 0.15) is 0 Å². The Labute approximate surface area is 87.5 Å². The zero-order chi connectivity index (χ0) is 10.4. The number of rotatable bonds is 4. The molecule has 1 saturated carbocycles. The Morgan fingerprint density at radius 1 is 1.21 bits per heavy atom. The van der Waals surface area contributed by atoms with E-state index in [2.05, 4.69) is 13.8 Å². The van der Waals surface area contributed by atoms with Crippen LogP contribution in [0.3, 0.4) is 0 Å². The average molecular weight is 197 g/mol. The lowest BCUT2D eigenvalue weighted by Gasteiger charge is -2.31. The van der Waals surface area contributed by atoms with E-state index in [1.165, 1.54) is 19.3 Å². The maximum atomic E-state index is 5.76. The Morgan fingerprint density at radius 3 is 2.64 bits per heavy atom. The Bertz CT molecular complexity index is 179. The zero-order valence-electron chi connectivity index (χ0n) is 9.41. The monoisotopic (exact) mass is 197 g/mol. The van der Waals surface area contributed by atoms with Crippen LogP contribution in [0.15, 0.2) is 12.2 Å². The van der Waals surface area contributed by atoms with Crippen molar-refractivity contribution >= 4 is 0 Å². The van der Waals surface area contributed by atoms with Gasteiger partial charge in [-0.1, -0.05) is 26.0 Å². The van der Waals surface area contributed by atoms with Gasteiger partial charge < -0.3 is 10.5 Å². The third-order valence-electron chi connectivity index (χ3n) is 3.28. The molecule has 0 spiro atoms. The summed E-state index contributed by atoms with van der Waals surface area (Å²) in [5.74, 6) is 1.68. The van der Waals surface area contributed by atoms with E-state index >= 15 is 0 Å². The predicted molar refractivity (Wildman–Crippen MR) is 60.1 cm³/mol. The molecule has 2 N–H and O–H groups in total. The van der Waals surface area contributed by atoms with E-state index in [1.54, 1.807) is 0 Å². The normalized spacial score (nSPS) is 33.8. The molecule has 0 radical (unpaired) electrons. The molecule has 0 aromatic heterocycles. The first kappa shape index (κ1) is 11.7. The van der Waals surface area contributed by atoms with Gasteiger partial charge in [0.05, 0.1) is 12.7 Å². The second-order valence-electron chi connectivity index (χ2n) is 4.43. The summed E-state index contributed by atoms with van der Waals surface area (Å²) in [5, 5.41) is 0. The highest BCUT2D eigenvalue weighted by Gasteiger charge is 2.24. The number of hydrogen-bond donors (Lipinski definition) is 1. The van der Waals surface area contributed by atoms with Gasteiger partial charge in [0.15, 0.2) is 0 Å². The highest BCUT2D eigenvalue weighted by Crippen LogP contribution is 2.30. The van der Waals surface area contributed by atoms with Crippen molar-refractivity contribution in [2.24, 2.45) is 17.6 Å². The summed E-state index contributed by atoms with van der Waals surface area (Å²) in [4.78, 5) is 0. The first-order valence-corrected chi connectivity index (χ1v) is 5.70. The van der Waals surface area contributed by atoms with Crippen LogP contribution < -0.4 is 5.73 Å². The van der Waals surface area contributed by atoms with E-state index in [-0.39, 0.29) is 0 Å². The third-order valence-corrected chi connectivity index (χ3v) is 3.28. The van der Waals surface area contributed by atoms with Gasteiger partial charge in [0.2, 0.25) is 0 Å². The Hall–Kier alpha value is -0.340. The summed E-state index contributed by atoms with van der Waals surface area (Å²) in [6.45, 7) is 6.01. The zero-order valence-corrected chi connectivity index (χ0v) is 9.41. The lowest BCUT2D eigenvalue weighted by Crippen LogP contribution is -2.26. The number of ether oxygens (including phenoxy) is 1. The van der Waals surface area contributed by atoms with Crippen LogP contribution in [0.2, 0.25) is 0 Å². The molecule has 0 heterocycles. The van der Waals surface area contributed by atoms with Crippen molar-refractivity contribution in [1.82, 2.24) is 0 Å². The van der Waals surface area contributed by atoms with Crippen LogP contribution >= 0.6 is 0 Å². The molecule has 0 saturated heterocycles. The van der Waals surface area contributed by atoms with Crippen LogP contribution in [0.25, 0.3) is 0 Å². The predicted octanol–water partition coefficient (Wildman–Crippen LogP) is 2.34. The molecule has 1 aliphatic rings. The van der Waals surface area contributed by atoms with Gasteiger partial charge >= 0.3 is 0 Å². The van der Waals surface area contributed by atoms with Crippen LogP contribution in [-0.4, -0.2) is 19.3 Å². The molecule has 0 aliphatic heterocycles. The second-order valence-corrected chi connectivity index (χ2v) is 4.43. The van der Waals surface area contributed by atoms with Crippen molar-refractivity contribution in [3.8, 4) is 0 Å². The number of nitrogens with two attached hydrogens (primary N) is 1. The largest absolute Gasteiger partial charge is 0.374 e. The molecule has 3 atom stereocenters. The lowest BCUT2D eigenvalue weighted by atomic mass is 9.80. The molecule has 2 nitrogen and oxygen atoms in total. The molecular weight excluding hydrogens is 174 g/mol. The van der Waals surface area contributed by atoms with Gasteiger partial charge in [-0.25, -0.2) is 0 Å². The van der Waals surface area contributed by atoms with Gasteiger partial charge in [0, 0.05) is 6.54 Å². The SMILES string of the molecule is CC1CCC(OCC=CCN)CC1C. The molecule has 1 aliphatic carbocycles. The van der Waals surface area contributed by atoms with Gasteiger partial charge in [-0.05, 0) is 31.1 Å². The summed E-state index contributed by atoms with van der Waals surface area (Å²) >= 11 is 0. The topological polar surface area (TPSA) is 35.2 Å². The van der Waals surface area contributed by atoms with Crippen LogP contribution in [-0.2, 0) is 4.74 Å². The first-order valence-electron chi connectivity index (χ1n) is 5.70. The highest BCUT2D eigenvalue weighted by atomic mass is 16.5. The molecule has 0 aromatic carbocycles. The molecule has 82 valence electrons. The summed E-state index contributed by atoms with van der Waals surface area (Å²) in [7, 11) is 0. The minimum atomic E-state index is 0.476.